The number of halogens is 1. The Balaban J connectivity index is 1.55. The number of amides is 1. The number of sulfonamides is 1. The van der Waals surface area contributed by atoms with Crippen molar-refractivity contribution in [2.75, 3.05) is 4.72 Å². The summed E-state index contributed by atoms with van der Waals surface area (Å²) in [5, 5.41) is -0.185. The van der Waals surface area contributed by atoms with Gasteiger partial charge in [-0.05, 0) is 54.8 Å². The molecule has 0 unspecified atom stereocenters. The minimum Gasteiger partial charge on any atom is -0.478 e. The fourth-order valence-corrected chi connectivity index (χ4v) is 6.02. The number of fused-ring (bicyclic) bond motifs is 2. The number of anilines is 1. The van der Waals surface area contributed by atoms with Gasteiger partial charge >= 0.3 is 0 Å². The largest absolute Gasteiger partial charge is 0.478 e. The number of nitrogens with one attached hydrogen (secondary N) is 1. The lowest BCUT2D eigenvalue weighted by Crippen LogP contribution is -2.24. The van der Waals surface area contributed by atoms with Gasteiger partial charge in [0.1, 0.15) is 17.4 Å². The minimum atomic E-state index is -3.77. The number of ether oxygens (including phenoxy) is 1. The molecule has 218 valence electrons. The van der Waals surface area contributed by atoms with Crippen LogP contribution < -0.4 is 9.46 Å². The summed E-state index contributed by atoms with van der Waals surface area (Å²) in [5.74, 6) is -0.416. The molecule has 5 aromatic rings. The SMILES string of the molecule is CC(C)S(=O)(=O)Nc1c2c(c(OC(c3ccccc3)c3ccccc3)c3ncccc13)C(=O)N(Cc1ccc(F)cc1)C2. The van der Waals surface area contributed by atoms with Crippen LogP contribution in [0.1, 0.15) is 52.6 Å². The van der Waals surface area contributed by atoms with Crippen LogP contribution in [0.2, 0.25) is 0 Å². The Kier molecular flexibility index (Phi) is 7.58. The minimum absolute atomic E-state index is 0.129. The van der Waals surface area contributed by atoms with Crippen molar-refractivity contribution in [1.29, 1.82) is 0 Å². The van der Waals surface area contributed by atoms with Crippen molar-refractivity contribution in [2.45, 2.75) is 38.3 Å². The third-order valence-corrected chi connectivity index (χ3v) is 9.29. The fourth-order valence-electron chi connectivity index (χ4n) is 5.27. The average molecular weight is 596 g/mol. The van der Waals surface area contributed by atoms with E-state index in [0.717, 1.165) is 16.7 Å². The van der Waals surface area contributed by atoms with Crippen molar-refractivity contribution in [3.05, 3.63) is 137 Å². The molecule has 1 N–H and O–H groups in total. The maximum absolute atomic E-state index is 14.2. The maximum atomic E-state index is 14.2. The molecule has 1 aliphatic heterocycles. The van der Waals surface area contributed by atoms with Gasteiger partial charge in [-0.2, -0.15) is 0 Å². The maximum Gasteiger partial charge on any atom is 0.258 e. The van der Waals surface area contributed by atoms with Crippen molar-refractivity contribution < 1.29 is 22.3 Å². The second kappa shape index (κ2) is 11.5. The Bertz CT molecular complexity index is 1860. The Morgan fingerprint density at radius 3 is 2.14 bits per heavy atom. The molecule has 0 saturated heterocycles. The molecule has 9 heteroatoms. The molecular formula is C34H30FN3O4S. The predicted octanol–water partition coefficient (Wildman–Crippen LogP) is 6.85. The Morgan fingerprint density at radius 1 is 0.907 bits per heavy atom. The highest BCUT2D eigenvalue weighted by atomic mass is 32.2. The van der Waals surface area contributed by atoms with Crippen molar-refractivity contribution in [1.82, 2.24) is 9.88 Å². The quantitative estimate of drug-likeness (QED) is 0.201. The number of carbonyl (C=O) groups excluding carboxylic acids is 1. The van der Waals surface area contributed by atoms with Crippen LogP contribution in [-0.2, 0) is 23.1 Å². The van der Waals surface area contributed by atoms with Gasteiger partial charge in [-0.15, -0.1) is 0 Å². The van der Waals surface area contributed by atoms with Crippen LogP contribution in [0.3, 0.4) is 0 Å². The number of hydrogen-bond acceptors (Lipinski definition) is 5. The Labute approximate surface area is 250 Å². The first-order chi connectivity index (χ1) is 20.7. The second-order valence-corrected chi connectivity index (χ2v) is 13.0. The molecule has 2 heterocycles. The Hall–Kier alpha value is -4.76. The van der Waals surface area contributed by atoms with E-state index in [-0.39, 0.29) is 36.1 Å². The molecule has 0 fully saturated rings. The van der Waals surface area contributed by atoms with E-state index < -0.39 is 21.4 Å². The monoisotopic (exact) mass is 595 g/mol. The molecular weight excluding hydrogens is 565 g/mol. The zero-order chi connectivity index (χ0) is 30.1. The van der Waals surface area contributed by atoms with Crippen molar-refractivity contribution in [3.8, 4) is 5.75 Å². The van der Waals surface area contributed by atoms with Gasteiger partial charge in [-0.1, -0.05) is 72.8 Å². The zero-order valence-electron chi connectivity index (χ0n) is 23.7. The summed E-state index contributed by atoms with van der Waals surface area (Å²) in [4.78, 5) is 20.4. The van der Waals surface area contributed by atoms with Gasteiger partial charge in [0.2, 0.25) is 10.0 Å². The van der Waals surface area contributed by atoms with E-state index in [4.69, 9.17) is 4.74 Å². The van der Waals surface area contributed by atoms with Crippen LogP contribution in [0.15, 0.2) is 103 Å². The van der Waals surface area contributed by atoms with E-state index in [9.17, 15) is 17.6 Å². The predicted molar refractivity (Wildman–Crippen MR) is 165 cm³/mol. The fraction of sp³-hybridized carbons (Fsp3) is 0.176. The Morgan fingerprint density at radius 2 is 1.53 bits per heavy atom. The van der Waals surface area contributed by atoms with Crippen molar-refractivity contribution >= 4 is 32.5 Å². The van der Waals surface area contributed by atoms with Crippen LogP contribution in [0.5, 0.6) is 5.75 Å². The molecule has 4 aromatic carbocycles. The van der Waals surface area contributed by atoms with Gasteiger partial charge < -0.3 is 9.64 Å². The van der Waals surface area contributed by atoms with Gasteiger partial charge in [0.25, 0.3) is 5.91 Å². The third kappa shape index (κ3) is 5.56. The number of pyridine rings is 1. The van der Waals surface area contributed by atoms with Crippen LogP contribution in [0, 0.1) is 5.82 Å². The van der Waals surface area contributed by atoms with Crippen LogP contribution in [-0.4, -0.2) is 29.5 Å². The molecule has 0 radical (unpaired) electrons. The molecule has 6 rings (SSSR count). The first-order valence-corrected chi connectivity index (χ1v) is 15.5. The summed E-state index contributed by atoms with van der Waals surface area (Å²) < 4.78 is 49.5. The highest BCUT2D eigenvalue weighted by molar-refractivity contribution is 7.93. The van der Waals surface area contributed by atoms with Crippen LogP contribution >= 0.6 is 0 Å². The lowest BCUT2D eigenvalue weighted by atomic mass is 9.99. The molecule has 1 aliphatic rings. The van der Waals surface area contributed by atoms with Gasteiger partial charge in [-0.25, -0.2) is 12.8 Å². The molecule has 0 aliphatic carbocycles. The molecule has 0 spiro atoms. The van der Waals surface area contributed by atoms with Crippen molar-refractivity contribution in [3.63, 3.8) is 0 Å². The van der Waals surface area contributed by atoms with E-state index in [1.165, 1.54) is 12.1 Å². The summed E-state index contributed by atoms with van der Waals surface area (Å²) in [5.41, 5.74) is 3.94. The van der Waals surface area contributed by atoms with E-state index in [1.54, 1.807) is 49.2 Å². The lowest BCUT2D eigenvalue weighted by Gasteiger charge is -2.24. The average Bonchev–Trinajstić information content (AvgIpc) is 3.34. The molecule has 7 nitrogen and oxygen atoms in total. The number of rotatable bonds is 9. The summed E-state index contributed by atoms with van der Waals surface area (Å²) in [7, 11) is -3.77. The lowest BCUT2D eigenvalue weighted by molar-refractivity contribution is 0.0762. The molecule has 0 atom stereocenters. The summed E-state index contributed by atoms with van der Waals surface area (Å²) in [6.07, 6.45) is 1.02. The summed E-state index contributed by atoms with van der Waals surface area (Å²) in [6, 6.07) is 28.8. The van der Waals surface area contributed by atoms with E-state index in [1.807, 2.05) is 60.7 Å². The van der Waals surface area contributed by atoms with E-state index in [2.05, 4.69) is 9.71 Å². The molecule has 1 aromatic heterocycles. The van der Waals surface area contributed by atoms with Crippen LogP contribution in [0.25, 0.3) is 10.9 Å². The molecule has 0 saturated carbocycles. The van der Waals surface area contributed by atoms with Crippen LogP contribution in [0.4, 0.5) is 10.1 Å². The van der Waals surface area contributed by atoms with E-state index in [0.29, 0.717) is 22.2 Å². The number of aromatic nitrogens is 1. The summed E-state index contributed by atoms with van der Waals surface area (Å²) in [6.45, 7) is 3.52. The second-order valence-electron chi connectivity index (χ2n) is 10.8. The number of hydrogen-bond donors (Lipinski definition) is 1. The molecule has 0 bridgehead atoms. The molecule has 43 heavy (non-hydrogen) atoms. The zero-order valence-corrected chi connectivity index (χ0v) is 24.5. The number of nitrogens with zero attached hydrogens (tertiary/aromatic N) is 2. The highest BCUT2D eigenvalue weighted by Gasteiger charge is 2.38. The molecule has 1 amide bonds. The van der Waals surface area contributed by atoms with Gasteiger partial charge in [-0.3, -0.25) is 14.5 Å². The highest BCUT2D eigenvalue weighted by Crippen LogP contribution is 2.46. The van der Waals surface area contributed by atoms with Gasteiger partial charge in [0, 0.05) is 30.2 Å². The third-order valence-electron chi connectivity index (χ3n) is 7.56. The first-order valence-electron chi connectivity index (χ1n) is 14.0. The summed E-state index contributed by atoms with van der Waals surface area (Å²) >= 11 is 0. The van der Waals surface area contributed by atoms with Gasteiger partial charge in [0.05, 0.1) is 16.5 Å². The standard InChI is InChI=1S/C34H30FN3O4S/c1-22(2)43(40,41)37-30-27-14-9-19-36-31(27)33(42-32(24-10-5-3-6-11-24)25-12-7-4-8-13-25)29-28(30)21-38(34(29)39)20-23-15-17-26(35)18-16-23/h3-19,22,32,37H,20-21H2,1-2H3. The smallest absolute Gasteiger partial charge is 0.258 e. The van der Waals surface area contributed by atoms with Crippen molar-refractivity contribution in [2.24, 2.45) is 0 Å². The van der Waals surface area contributed by atoms with E-state index >= 15 is 0 Å². The number of carbonyl (C=O) groups is 1. The number of benzene rings is 4. The topological polar surface area (TPSA) is 88.6 Å². The first kappa shape index (κ1) is 28.4. The normalized spacial score (nSPS) is 13.1. The van der Waals surface area contributed by atoms with Gasteiger partial charge in [0.15, 0.2) is 5.75 Å².